The van der Waals surface area contributed by atoms with Gasteiger partial charge < -0.3 is 4.98 Å². The third kappa shape index (κ3) is 2.62. The lowest BCUT2D eigenvalue weighted by molar-refractivity contribution is 0.581. The molecule has 0 radical (unpaired) electrons. The maximum atomic E-state index is 11.9. The Morgan fingerprint density at radius 2 is 2.29 bits per heavy atom. The van der Waals surface area contributed by atoms with Gasteiger partial charge in [0.1, 0.15) is 0 Å². The number of hydrogen-bond acceptors (Lipinski definition) is 5. The number of nitrogens with one attached hydrogen (secondary N) is 3. The molecule has 2 aromatic rings. The Hall–Kier alpha value is -1.45. The molecule has 0 saturated heterocycles. The van der Waals surface area contributed by atoms with Crippen molar-refractivity contribution >= 4 is 21.4 Å². The van der Waals surface area contributed by atoms with Gasteiger partial charge in [-0.15, -0.1) is 0 Å². The van der Waals surface area contributed by atoms with Crippen molar-refractivity contribution in [2.24, 2.45) is 0 Å². The predicted molar refractivity (Wildman–Crippen MR) is 62.3 cm³/mol. The third-order valence-electron chi connectivity index (χ3n) is 2.04. The van der Waals surface area contributed by atoms with E-state index in [-0.39, 0.29) is 15.6 Å². The first-order valence-corrected chi connectivity index (χ1v) is 6.96. The fourth-order valence-corrected chi connectivity index (χ4v) is 3.62. The second-order valence-electron chi connectivity index (χ2n) is 3.33. The zero-order valence-electron chi connectivity index (χ0n) is 8.85. The van der Waals surface area contributed by atoms with Crippen molar-refractivity contribution < 1.29 is 8.42 Å². The molecule has 0 amide bonds. The molecule has 0 aromatic carbocycles. The van der Waals surface area contributed by atoms with Crippen molar-refractivity contribution in [1.29, 1.82) is 0 Å². The van der Waals surface area contributed by atoms with Crippen molar-refractivity contribution in [3.63, 3.8) is 0 Å². The van der Waals surface area contributed by atoms with Crippen molar-refractivity contribution in [3.05, 3.63) is 33.3 Å². The van der Waals surface area contributed by atoms with Crippen LogP contribution < -0.4 is 9.60 Å². The van der Waals surface area contributed by atoms with E-state index in [9.17, 15) is 13.2 Å². The molecule has 2 heterocycles. The smallest absolute Gasteiger partial charge is 0.305 e. The fraction of sp³-hybridized carbons (Fsp3) is 0.250. The van der Waals surface area contributed by atoms with E-state index in [2.05, 4.69) is 19.9 Å². The molecule has 0 atom stereocenters. The number of rotatable bonds is 4. The molecular formula is C8H10N4O3S2. The van der Waals surface area contributed by atoms with Crippen molar-refractivity contribution in [3.8, 4) is 0 Å². The first kappa shape index (κ1) is 12.0. The van der Waals surface area contributed by atoms with E-state index >= 15 is 0 Å². The molecule has 0 saturated carbocycles. The van der Waals surface area contributed by atoms with E-state index in [1.807, 2.05) is 0 Å². The highest BCUT2D eigenvalue weighted by molar-refractivity contribution is 7.91. The molecule has 0 spiro atoms. The summed E-state index contributed by atoms with van der Waals surface area (Å²) in [7, 11) is -3.66. The van der Waals surface area contributed by atoms with Crippen LogP contribution in [0.1, 0.15) is 11.4 Å². The summed E-state index contributed by atoms with van der Waals surface area (Å²) in [5.74, 6) is 0. The minimum atomic E-state index is -3.66. The van der Waals surface area contributed by atoms with E-state index in [1.54, 1.807) is 13.0 Å². The molecule has 3 N–H and O–H groups in total. The van der Waals surface area contributed by atoms with Crippen molar-refractivity contribution in [2.45, 2.75) is 17.7 Å². The summed E-state index contributed by atoms with van der Waals surface area (Å²) >= 11 is 0.671. The number of hydrogen-bond donors (Lipinski definition) is 3. The van der Waals surface area contributed by atoms with Gasteiger partial charge in [-0.3, -0.25) is 9.89 Å². The Morgan fingerprint density at radius 3 is 2.82 bits per heavy atom. The molecule has 0 fully saturated rings. The summed E-state index contributed by atoms with van der Waals surface area (Å²) in [6, 6.07) is 1.66. The molecule has 0 bridgehead atoms. The molecule has 17 heavy (non-hydrogen) atoms. The molecule has 0 aliphatic carbocycles. The van der Waals surface area contributed by atoms with Crippen LogP contribution in [-0.4, -0.2) is 23.6 Å². The summed E-state index contributed by atoms with van der Waals surface area (Å²) in [6.45, 7) is 1.65. The first-order valence-electron chi connectivity index (χ1n) is 4.66. The lowest BCUT2D eigenvalue weighted by atomic mass is 10.4. The minimum absolute atomic E-state index is 0.0158. The second-order valence-corrected chi connectivity index (χ2v) is 6.28. The minimum Gasteiger partial charge on any atom is -0.315 e. The maximum Gasteiger partial charge on any atom is 0.305 e. The van der Waals surface area contributed by atoms with Crippen LogP contribution in [-0.2, 0) is 16.6 Å². The molecule has 9 heteroatoms. The van der Waals surface area contributed by atoms with Crippen LogP contribution in [0, 0.1) is 6.92 Å². The molecule has 0 aliphatic heterocycles. The van der Waals surface area contributed by atoms with Crippen LogP contribution in [0.3, 0.4) is 0 Å². The fourth-order valence-electron chi connectivity index (χ4n) is 1.27. The van der Waals surface area contributed by atoms with Crippen LogP contribution in [0.15, 0.2) is 21.3 Å². The Bertz CT molecular complexity index is 653. The van der Waals surface area contributed by atoms with Gasteiger partial charge in [-0.2, -0.15) is 5.10 Å². The van der Waals surface area contributed by atoms with Crippen LogP contribution in [0.4, 0.5) is 0 Å². The van der Waals surface area contributed by atoms with E-state index in [0.717, 1.165) is 0 Å². The van der Waals surface area contributed by atoms with Crippen molar-refractivity contribution in [1.82, 2.24) is 19.9 Å². The molecule has 92 valence electrons. The Labute approximate surface area is 101 Å². The summed E-state index contributed by atoms with van der Waals surface area (Å²) in [4.78, 5) is 13.1. The van der Waals surface area contributed by atoms with E-state index in [0.29, 0.717) is 22.7 Å². The van der Waals surface area contributed by atoms with Gasteiger partial charge in [0.2, 0.25) is 0 Å². The lowest BCUT2D eigenvalue weighted by Gasteiger charge is -2.03. The average molecular weight is 274 g/mol. The third-order valence-corrected chi connectivity index (χ3v) is 5.04. The highest BCUT2D eigenvalue weighted by Gasteiger charge is 2.20. The summed E-state index contributed by atoms with van der Waals surface area (Å²) < 4.78 is 26.1. The molecule has 0 aliphatic rings. The van der Waals surface area contributed by atoms with Crippen LogP contribution >= 0.6 is 11.3 Å². The van der Waals surface area contributed by atoms with E-state index in [1.165, 1.54) is 6.20 Å². The van der Waals surface area contributed by atoms with Crippen LogP contribution in [0.2, 0.25) is 0 Å². The van der Waals surface area contributed by atoms with Crippen LogP contribution in [0.25, 0.3) is 0 Å². The van der Waals surface area contributed by atoms with Gasteiger partial charge in [-0.1, -0.05) is 11.3 Å². The van der Waals surface area contributed by atoms with Gasteiger partial charge >= 0.3 is 4.87 Å². The number of sulfonamides is 1. The van der Waals surface area contributed by atoms with Gasteiger partial charge in [0.15, 0.2) is 4.21 Å². The normalized spacial score (nSPS) is 11.8. The van der Waals surface area contributed by atoms with Crippen LogP contribution in [0.5, 0.6) is 0 Å². The maximum absolute atomic E-state index is 11.9. The zero-order chi connectivity index (χ0) is 12.5. The average Bonchev–Trinajstić information content (AvgIpc) is 2.85. The first-order chi connectivity index (χ1) is 7.99. The SMILES string of the molecule is Cc1[nH]c(=O)sc1S(=O)(=O)NCc1ccn[nH]1. The highest BCUT2D eigenvalue weighted by Crippen LogP contribution is 2.15. The number of H-pyrrole nitrogens is 2. The number of nitrogens with zero attached hydrogens (tertiary/aromatic N) is 1. The summed E-state index contributed by atoms with van der Waals surface area (Å²) in [5.41, 5.74) is 0.992. The molecular weight excluding hydrogens is 264 g/mol. The standard InChI is InChI=1S/C8H10N4O3S2/c1-5-7(16-8(13)11-5)17(14,15)10-4-6-2-3-9-12-6/h2-3,10H,4H2,1H3,(H,9,12)(H,11,13). The van der Waals surface area contributed by atoms with Crippen molar-refractivity contribution in [2.75, 3.05) is 0 Å². The summed E-state index contributed by atoms with van der Waals surface area (Å²) in [5, 5.41) is 6.34. The molecule has 2 aromatic heterocycles. The zero-order valence-corrected chi connectivity index (χ0v) is 10.5. The van der Waals surface area contributed by atoms with Gasteiger partial charge in [0.05, 0.1) is 12.2 Å². The van der Waals surface area contributed by atoms with E-state index in [4.69, 9.17) is 0 Å². The predicted octanol–water partition coefficient (Wildman–Crippen LogP) is -0.0536. The van der Waals surface area contributed by atoms with Gasteiger partial charge in [-0.05, 0) is 13.0 Å². The lowest BCUT2D eigenvalue weighted by Crippen LogP contribution is -2.23. The monoisotopic (exact) mass is 274 g/mol. The number of aromatic amines is 2. The van der Waals surface area contributed by atoms with Gasteiger partial charge in [0, 0.05) is 11.9 Å². The number of aryl methyl sites for hydroxylation is 1. The molecule has 2 rings (SSSR count). The second kappa shape index (κ2) is 4.43. The molecule has 7 nitrogen and oxygen atoms in total. The largest absolute Gasteiger partial charge is 0.315 e. The van der Waals surface area contributed by atoms with E-state index < -0.39 is 10.0 Å². The Kier molecular flexibility index (Phi) is 3.13. The van der Waals surface area contributed by atoms with Gasteiger partial charge in [0.25, 0.3) is 10.0 Å². The highest BCUT2D eigenvalue weighted by atomic mass is 32.2. The Balaban J connectivity index is 2.20. The number of thiazole rings is 1. The molecule has 0 unspecified atom stereocenters. The Morgan fingerprint density at radius 1 is 1.53 bits per heavy atom. The quantitative estimate of drug-likeness (QED) is 0.726. The van der Waals surface area contributed by atoms with Gasteiger partial charge in [-0.25, -0.2) is 13.1 Å². The number of aromatic nitrogens is 3. The topological polar surface area (TPSA) is 108 Å². The summed E-state index contributed by atoms with van der Waals surface area (Å²) in [6.07, 6.45) is 1.53.